The van der Waals surface area contributed by atoms with E-state index in [1.54, 1.807) is 18.3 Å². The number of carbonyl (C=O) groups is 1. The van der Waals surface area contributed by atoms with Crippen LogP contribution in [0.3, 0.4) is 0 Å². The predicted octanol–water partition coefficient (Wildman–Crippen LogP) is 3.23. The number of carbonyl (C=O) groups excluding carboxylic acids is 1. The second-order valence-corrected chi connectivity index (χ2v) is 6.66. The third-order valence-corrected chi connectivity index (χ3v) is 4.84. The van der Waals surface area contributed by atoms with E-state index in [9.17, 15) is 18.0 Å². The number of anilines is 1. The molecule has 1 amide bonds. The first-order valence-electron chi connectivity index (χ1n) is 7.96. The van der Waals surface area contributed by atoms with E-state index < -0.39 is 11.7 Å². The van der Waals surface area contributed by atoms with Gasteiger partial charge in [-0.25, -0.2) is 9.97 Å². The van der Waals surface area contributed by atoms with Crippen LogP contribution in [0.15, 0.2) is 41.7 Å². The van der Waals surface area contributed by atoms with Crippen molar-refractivity contribution in [1.82, 2.24) is 15.3 Å². The van der Waals surface area contributed by atoms with Crippen LogP contribution in [0.5, 0.6) is 0 Å². The first-order valence-corrected chi connectivity index (χ1v) is 9.19. The van der Waals surface area contributed by atoms with E-state index in [2.05, 4.69) is 15.3 Å². The molecule has 5 nitrogen and oxygen atoms in total. The first-order chi connectivity index (χ1) is 12.4. The molecule has 0 radical (unpaired) electrons. The number of halogens is 3. The predicted molar refractivity (Wildman–Crippen MR) is 93.3 cm³/mol. The maximum Gasteiger partial charge on any atom is 0.417 e. The fourth-order valence-electron chi connectivity index (χ4n) is 2.82. The molecule has 0 unspecified atom stereocenters. The number of rotatable bonds is 4. The van der Waals surface area contributed by atoms with E-state index in [1.807, 2.05) is 11.2 Å². The van der Waals surface area contributed by atoms with Gasteiger partial charge in [0.25, 0.3) is 5.91 Å². The van der Waals surface area contributed by atoms with Gasteiger partial charge in [-0.2, -0.15) is 13.2 Å². The summed E-state index contributed by atoms with van der Waals surface area (Å²) >= 11 is 1.40. The van der Waals surface area contributed by atoms with Gasteiger partial charge in [0.2, 0.25) is 0 Å². The lowest BCUT2D eigenvalue weighted by Gasteiger charge is -2.18. The molecule has 3 heterocycles. The van der Waals surface area contributed by atoms with Crippen molar-refractivity contribution in [2.24, 2.45) is 0 Å². The molecule has 2 aromatic rings. The highest BCUT2D eigenvalue weighted by molar-refractivity contribution is 7.98. The molecule has 26 heavy (non-hydrogen) atoms. The van der Waals surface area contributed by atoms with Crippen LogP contribution in [0.2, 0.25) is 0 Å². The zero-order valence-corrected chi connectivity index (χ0v) is 14.8. The van der Waals surface area contributed by atoms with Crippen LogP contribution in [0, 0.1) is 0 Å². The number of nitrogens with zero attached hydrogens (tertiary/aromatic N) is 3. The molecular weight excluding hydrogens is 365 g/mol. The van der Waals surface area contributed by atoms with E-state index in [-0.39, 0.29) is 11.9 Å². The Balaban J connectivity index is 1.63. The summed E-state index contributed by atoms with van der Waals surface area (Å²) < 4.78 is 37.9. The molecule has 1 N–H and O–H groups in total. The molecule has 0 spiro atoms. The molecule has 138 valence electrons. The normalized spacial score (nSPS) is 17.4. The lowest BCUT2D eigenvalue weighted by Crippen LogP contribution is -2.37. The van der Waals surface area contributed by atoms with Gasteiger partial charge < -0.3 is 10.2 Å². The summed E-state index contributed by atoms with van der Waals surface area (Å²) in [4.78, 5) is 22.4. The Bertz CT molecular complexity index is 782. The fraction of sp³-hybridized carbons (Fsp3) is 0.353. The van der Waals surface area contributed by atoms with Crippen LogP contribution in [0.1, 0.15) is 22.3 Å². The molecule has 0 bridgehead atoms. The Hall–Kier alpha value is -2.29. The summed E-state index contributed by atoms with van der Waals surface area (Å²) in [6.45, 7) is 1.12. The van der Waals surface area contributed by atoms with Gasteiger partial charge in [0.1, 0.15) is 10.8 Å². The quantitative estimate of drug-likeness (QED) is 0.823. The number of pyridine rings is 2. The molecule has 0 aromatic carbocycles. The van der Waals surface area contributed by atoms with Crippen LogP contribution in [-0.2, 0) is 6.18 Å². The first kappa shape index (κ1) is 18.5. The third-order valence-electron chi connectivity index (χ3n) is 4.13. The number of thioether (sulfide) groups is 1. The second kappa shape index (κ2) is 7.53. The number of hydrogen-bond acceptors (Lipinski definition) is 5. The van der Waals surface area contributed by atoms with Crippen molar-refractivity contribution < 1.29 is 18.0 Å². The number of alkyl halides is 3. The summed E-state index contributed by atoms with van der Waals surface area (Å²) in [5.41, 5.74) is -0.252. The molecule has 9 heteroatoms. The van der Waals surface area contributed by atoms with Crippen LogP contribution in [0.25, 0.3) is 0 Å². The highest BCUT2D eigenvalue weighted by atomic mass is 32.2. The summed E-state index contributed by atoms with van der Waals surface area (Å²) in [5, 5.41) is 3.62. The van der Waals surface area contributed by atoms with Crippen molar-refractivity contribution in [3.8, 4) is 0 Å². The summed E-state index contributed by atoms with van der Waals surface area (Å²) in [5.74, 6) is 0.274. The van der Waals surface area contributed by atoms with Gasteiger partial charge in [-0.05, 0) is 36.9 Å². The van der Waals surface area contributed by atoms with Crippen LogP contribution >= 0.6 is 11.8 Å². The maximum absolute atomic E-state index is 12.6. The van der Waals surface area contributed by atoms with Gasteiger partial charge in [0.15, 0.2) is 0 Å². The van der Waals surface area contributed by atoms with Gasteiger partial charge in [-0.3, -0.25) is 4.79 Å². The molecule has 1 aliphatic rings. The second-order valence-electron chi connectivity index (χ2n) is 5.87. The zero-order valence-electron chi connectivity index (χ0n) is 14.0. The Morgan fingerprint density at radius 3 is 2.77 bits per heavy atom. The molecule has 1 atom stereocenters. The van der Waals surface area contributed by atoms with Gasteiger partial charge >= 0.3 is 6.18 Å². The lowest BCUT2D eigenvalue weighted by molar-refractivity contribution is -0.137. The van der Waals surface area contributed by atoms with Crippen LogP contribution in [0.4, 0.5) is 19.0 Å². The van der Waals surface area contributed by atoms with Crippen molar-refractivity contribution in [2.75, 3.05) is 24.2 Å². The molecule has 0 saturated carbocycles. The van der Waals surface area contributed by atoms with Crippen molar-refractivity contribution in [3.05, 3.63) is 47.8 Å². The van der Waals surface area contributed by atoms with E-state index in [0.717, 1.165) is 12.3 Å². The Morgan fingerprint density at radius 1 is 1.31 bits per heavy atom. The Morgan fingerprint density at radius 2 is 2.12 bits per heavy atom. The largest absolute Gasteiger partial charge is 0.417 e. The van der Waals surface area contributed by atoms with Crippen LogP contribution in [-0.4, -0.2) is 41.3 Å². The van der Waals surface area contributed by atoms with E-state index in [1.165, 1.54) is 17.8 Å². The molecule has 1 fully saturated rings. The molecule has 1 aliphatic heterocycles. The topological polar surface area (TPSA) is 58.1 Å². The Labute approximate surface area is 153 Å². The maximum atomic E-state index is 12.6. The standard InChI is InChI=1S/C17H17F3N4OS/c1-26-16-13(3-2-7-21-16)15(25)23-12-6-8-24(10-12)14-5-4-11(9-22-14)17(18,19)20/h2-5,7,9,12H,6,8,10H2,1H3,(H,23,25)/t12-/m1/s1. The molecular formula is C17H17F3N4OS. The molecule has 2 aromatic heterocycles. The lowest BCUT2D eigenvalue weighted by atomic mass is 10.2. The molecule has 0 aliphatic carbocycles. The monoisotopic (exact) mass is 382 g/mol. The fourth-order valence-corrected chi connectivity index (χ4v) is 3.36. The summed E-state index contributed by atoms with van der Waals surface area (Å²) in [7, 11) is 0. The number of nitrogens with one attached hydrogen (secondary N) is 1. The SMILES string of the molecule is CSc1ncccc1C(=O)N[C@@H]1CCN(c2ccc(C(F)(F)F)cn2)C1. The van der Waals surface area contributed by atoms with Gasteiger partial charge in [-0.1, -0.05) is 0 Å². The van der Waals surface area contributed by atoms with Crippen molar-refractivity contribution >= 4 is 23.5 Å². The minimum atomic E-state index is -4.40. The highest BCUT2D eigenvalue weighted by Gasteiger charge is 2.31. The summed E-state index contributed by atoms with van der Waals surface area (Å²) in [6.07, 6.45) is 0.625. The number of aromatic nitrogens is 2. The smallest absolute Gasteiger partial charge is 0.354 e. The molecule has 3 rings (SSSR count). The zero-order chi connectivity index (χ0) is 18.7. The number of hydrogen-bond donors (Lipinski definition) is 1. The van der Waals surface area contributed by atoms with Gasteiger partial charge in [-0.15, -0.1) is 11.8 Å². The Kier molecular flexibility index (Phi) is 5.36. The van der Waals surface area contributed by atoms with Crippen molar-refractivity contribution in [2.45, 2.75) is 23.7 Å². The van der Waals surface area contributed by atoms with Crippen molar-refractivity contribution in [3.63, 3.8) is 0 Å². The van der Waals surface area contributed by atoms with E-state index in [4.69, 9.17) is 0 Å². The molecule has 1 saturated heterocycles. The average Bonchev–Trinajstić information content (AvgIpc) is 3.09. The summed E-state index contributed by atoms with van der Waals surface area (Å²) in [6, 6.07) is 5.72. The van der Waals surface area contributed by atoms with Gasteiger partial charge in [0, 0.05) is 31.5 Å². The van der Waals surface area contributed by atoms with E-state index >= 15 is 0 Å². The van der Waals surface area contributed by atoms with Gasteiger partial charge in [0.05, 0.1) is 11.1 Å². The minimum Gasteiger partial charge on any atom is -0.354 e. The number of amides is 1. The highest BCUT2D eigenvalue weighted by Crippen LogP contribution is 2.30. The van der Waals surface area contributed by atoms with Crippen molar-refractivity contribution in [1.29, 1.82) is 0 Å². The van der Waals surface area contributed by atoms with Crippen LogP contribution < -0.4 is 10.2 Å². The van der Waals surface area contributed by atoms with E-state index in [0.29, 0.717) is 35.9 Å². The minimum absolute atomic E-state index is 0.0958. The third kappa shape index (κ3) is 4.09. The average molecular weight is 382 g/mol.